The first-order valence-corrected chi connectivity index (χ1v) is 5.40. The van der Waals surface area contributed by atoms with E-state index in [2.05, 4.69) is 33.1 Å². The first-order chi connectivity index (χ1) is 7.00. The summed E-state index contributed by atoms with van der Waals surface area (Å²) in [6.45, 7) is 3.83. The summed E-state index contributed by atoms with van der Waals surface area (Å²) in [5.41, 5.74) is 0. The van der Waals surface area contributed by atoms with Crippen LogP contribution in [0.3, 0.4) is 0 Å². The van der Waals surface area contributed by atoms with Gasteiger partial charge >= 0.3 is 12.0 Å². The van der Waals surface area contributed by atoms with Gasteiger partial charge in [0, 0.05) is 4.48 Å². The maximum Gasteiger partial charge on any atom is 0.326 e. The molecule has 6 heteroatoms. The molecule has 15 heavy (non-hydrogen) atoms. The van der Waals surface area contributed by atoms with E-state index in [1.54, 1.807) is 0 Å². The van der Waals surface area contributed by atoms with Gasteiger partial charge in [-0.2, -0.15) is 0 Å². The summed E-state index contributed by atoms with van der Waals surface area (Å²) in [7, 11) is 0. The molecule has 0 bridgehead atoms. The standard InChI is InChI=1S/C9H13BrN2O3/c1-5(10)4-11-9(15)12-7(8(13)14)6-2-3-6/h6-7H,1-4H2,(H,13,14)(H2,11,12,15). The lowest BCUT2D eigenvalue weighted by atomic mass is 10.2. The highest BCUT2D eigenvalue weighted by atomic mass is 79.9. The number of carboxylic acid groups (broad SMARTS) is 1. The molecule has 0 aliphatic heterocycles. The van der Waals surface area contributed by atoms with Crippen LogP contribution in [0.1, 0.15) is 12.8 Å². The molecule has 1 atom stereocenters. The molecule has 1 fully saturated rings. The fourth-order valence-electron chi connectivity index (χ4n) is 1.18. The van der Waals surface area contributed by atoms with Gasteiger partial charge in [0.2, 0.25) is 0 Å². The van der Waals surface area contributed by atoms with E-state index in [9.17, 15) is 9.59 Å². The number of hydrogen-bond acceptors (Lipinski definition) is 2. The molecule has 1 rings (SSSR count). The maximum atomic E-state index is 11.2. The topological polar surface area (TPSA) is 78.4 Å². The van der Waals surface area contributed by atoms with E-state index in [0.29, 0.717) is 4.48 Å². The molecule has 3 N–H and O–H groups in total. The third-order valence-electron chi connectivity index (χ3n) is 2.09. The summed E-state index contributed by atoms with van der Waals surface area (Å²) < 4.78 is 0.635. The van der Waals surface area contributed by atoms with Crippen LogP contribution in [0.25, 0.3) is 0 Å². The van der Waals surface area contributed by atoms with Crippen molar-refractivity contribution in [3.05, 3.63) is 11.1 Å². The molecule has 84 valence electrons. The molecule has 1 aliphatic carbocycles. The summed E-state index contributed by atoms with van der Waals surface area (Å²) in [6.07, 6.45) is 1.73. The molecule has 5 nitrogen and oxygen atoms in total. The highest BCUT2D eigenvalue weighted by Crippen LogP contribution is 2.32. The minimum atomic E-state index is -0.981. The fourth-order valence-corrected chi connectivity index (χ4v) is 1.32. The lowest BCUT2D eigenvalue weighted by Crippen LogP contribution is -2.47. The zero-order chi connectivity index (χ0) is 11.4. The molecule has 0 aromatic carbocycles. The van der Waals surface area contributed by atoms with E-state index in [-0.39, 0.29) is 12.5 Å². The number of carboxylic acids is 1. The van der Waals surface area contributed by atoms with Crippen molar-refractivity contribution in [1.29, 1.82) is 0 Å². The van der Waals surface area contributed by atoms with E-state index in [4.69, 9.17) is 5.11 Å². The molecule has 0 heterocycles. The summed E-state index contributed by atoms with van der Waals surface area (Å²) in [4.78, 5) is 22.0. The van der Waals surface area contributed by atoms with E-state index < -0.39 is 18.0 Å². The zero-order valence-electron chi connectivity index (χ0n) is 8.12. The number of amides is 2. The van der Waals surface area contributed by atoms with E-state index in [1.165, 1.54) is 0 Å². The van der Waals surface area contributed by atoms with Crippen LogP contribution < -0.4 is 10.6 Å². The summed E-state index contributed by atoms with van der Waals surface area (Å²) in [6, 6.07) is -1.25. The number of rotatable bonds is 5. The number of aliphatic carboxylic acids is 1. The van der Waals surface area contributed by atoms with Crippen molar-refractivity contribution < 1.29 is 14.7 Å². The number of halogens is 1. The molecule has 0 aromatic heterocycles. The Balaban J connectivity index is 2.34. The third-order valence-corrected chi connectivity index (χ3v) is 2.37. The van der Waals surface area contributed by atoms with Crippen molar-refractivity contribution in [2.24, 2.45) is 5.92 Å². The monoisotopic (exact) mass is 276 g/mol. The molecule has 2 amide bonds. The Labute approximate surface area is 96.0 Å². The van der Waals surface area contributed by atoms with Gasteiger partial charge in [-0.15, -0.1) is 0 Å². The number of carbonyl (C=O) groups excluding carboxylic acids is 1. The van der Waals surface area contributed by atoms with Gasteiger partial charge in [0.15, 0.2) is 0 Å². The molecule has 1 aliphatic rings. The van der Waals surface area contributed by atoms with Gasteiger partial charge in [-0.05, 0) is 18.8 Å². The average molecular weight is 277 g/mol. The van der Waals surface area contributed by atoms with Crippen LogP contribution in [0.5, 0.6) is 0 Å². The van der Waals surface area contributed by atoms with Gasteiger partial charge in [-0.3, -0.25) is 0 Å². The SMILES string of the molecule is C=C(Br)CNC(=O)NC(C(=O)O)C1CC1. The van der Waals surface area contributed by atoms with Gasteiger partial charge in [0.25, 0.3) is 0 Å². The first-order valence-electron chi connectivity index (χ1n) is 4.61. The van der Waals surface area contributed by atoms with Gasteiger partial charge in [0.1, 0.15) is 6.04 Å². The van der Waals surface area contributed by atoms with Gasteiger partial charge in [0.05, 0.1) is 6.54 Å². The lowest BCUT2D eigenvalue weighted by Gasteiger charge is -2.13. The Morgan fingerprint density at radius 1 is 1.53 bits per heavy atom. The van der Waals surface area contributed by atoms with Crippen LogP contribution in [0.15, 0.2) is 11.1 Å². The number of nitrogens with one attached hydrogen (secondary N) is 2. The van der Waals surface area contributed by atoms with Crippen LogP contribution in [0, 0.1) is 5.92 Å². The maximum absolute atomic E-state index is 11.2. The van der Waals surface area contributed by atoms with Crippen molar-refractivity contribution in [3.63, 3.8) is 0 Å². The van der Waals surface area contributed by atoms with Crippen molar-refractivity contribution >= 4 is 27.9 Å². The van der Waals surface area contributed by atoms with Crippen LogP contribution in [-0.4, -0.2) is 29.7 Å². The largest absolute Gasteiger partial charge is 0.480 e. The second-order valence-corrected chi connectivity index (χ2v) is 4.62. The quantitative estimate of drug-likeness (QED) is 0.703. The zero-order valence-corrected chi connectivity index (χ0v) is 9.71. The van der Waals surface area contributed by atoms with Crippen molar-refractivity contribution in [3.8, 4) is 0 Å². The normalized spacial score (nSPS) is 16.6. The van der Waals surface area contributed by atoms with Gasteiger partial charge in [-0.1, -0.05) is 22.5 Å². The smallest absolute Gasteiger partial charge is 0.326 e. The van der Waals surface area contributed by atoms with Crippen LogP contribution in [0.4, 0.5) is 4.79 Å². The Morgan fingerprint density at radius 3 is 2.53 bits per heavy atom. The van der Waals surface area contributed by atoms with Crippen LogP contribution in [-0.2, 0) is 4.79 Å². The summed E-state index contributed by atoms with van der Waals surface area (Å²) >= 11 is 3.09. The summed E-state index contributed by atoms with van der Waals surface area (Å²) in [5.74, 6) is -0.897. The van der Waals surface area contributed by atoms with E-state index in [0.717, 1.165) is 12.8 Å². The number of hydrogen-bond donors (Lipinski definition) is 3. The van der Waals surface area contributed by atoms with Gasteiger partial charge in [-0.25, -0.2) is 9.59 Å². The van der Waals surface area contributed by atoms with E-state index in [1.807, 2.05) is 0 Å². The first kappa shape index (κ1) is 12.0. The van der Waals surface area contributed by atoms with Gasteiger partial charge < -0.3 is 15.7 Å². The molecule has 1 saturated carbocycles. The van der Waals surface area contributed by atoms with E-state index >= 15 is 0 Å². The Hall–Kier alpha value is -1.04. The molecule has 1 unspecified atom stereocenters. The fraction of sp³-hybridized carbons (Fsp3) is 0.556. The van der Waals surface area contributed by atoms with Crippen molar-refractivity contribution in [1.82, 2.24) is 10.6 Å². The van der Waals surface area contributed by atoms with Crippen LogP contribution >= 0.6 is 15.9 Å². The van der Waals surface area contributed by atoms with Crippen molar-refractivity contribution in [2.45, 2.75) is 18.9 Å². The predicted molar refractivity (Wildman–Crippen MR) is 58.7 cm³/mol. The Kier molecular flexibility index (Phi) is 4.14. The molecular weight excluding hydrogens is 264 g/mol. The molecule has 0 spiro atoms. The molecule has 0 saturated heterocycles. The second kappa shape index (κ2) is 5.16. The lowest BCUT2D eigenvalue weighted by molar-refractivity contribution is -0.139. The Bertz CT molecular complexity index is 289. The minimum Gasteiger partial charge on any atom is -0.480 e. The number of urea groups is 1. The number of carbonyl (C=O) groups is 2. The molecule has 0 aromatic rings. The molecule has 0 radical (unpaired) electrons. The van der Waals surface area contributed by atoms with Crippen LogP contribution in [0.2, 0.25) is 0 Å². The Morgan fingerprint density at radius 2 is 2.13 bits per heavy atom. The molecular formula is C9H13BrN2O3. The second-order valence-electron chi connectivity index (χ2n) is 3.50. The third kappa shape index (κ3) is 4.33. The minimum absolute atomic E-state index is 0.0837. The highest BCUT2D eigenvalue weighted by Gasteiger charge is 2.37. The predicted octanol–water partition coefficient (Wildman–Crippen LogP) is 1.06. The van der Waals surface area contributed by atoms with Crippen molar-refractivity contribution in [2.75, 3.05) is 6.54 Å². The summed E-state index contributed by atoms with van der Waals surface area (Å²) in [5, 5.41) is 13.8. The highest BCUT2D eigenvalue weighted by molar-refractivity contribution is 9.11. The average Bonchev–Trinajstić information content (AvgIpc) is 2.93.